The average molecular weight is 408 g/mol. The van der Waals surface area contributed by atoms with Gasteiger partial charge in [-0.3, -0.25) is 9.59 Å². The van der Waals surface area contributed by atoms with Crippen LogP contribution in [0, 0.1) is 11.8 Å². The average Bonchev–Trinajstić information content (AvgIpc) is 3.17. The zero-order chi connectivity index (χ0) is 20.4. The maximum Gasteiger partial charge on any atom is 0.387 e. The van der Waals surface area contributed by atoms with Crippen molar-refractivity contribution < 1.29 is 27.8 Å². The first kappa shape index (κ1) is 20.1. The second-order valence-electron chi connectivity index (χ2n) is 7.98. The molecule has 1 unspecified atom stereocenters. The molecule has 0 saturated carbocycles. The van der Waals surface area contributed by atoms with Gasteiger partial charge < -0.3 is 19.3 Å². The summed E-state index contributed by atoms with van der Waals surface area (Å²) in [5, 5.41) is 0. The summed E-state index contributed by atoms with van der Waals surface area (Å²) in [5.41, 5.74) is 0.0659. The Bertz CT molecular complexity index is 748. The van der Waals surface area contributed by atoms with Crippen LogP contribution in [-0.2, 0) is 9.53 Å². The number of amides is 2. The lowest BCUT2D eigenvalue weighted by Crippen LogP contribution is -2.58. The molecule has 6 nitrogen and oxygen atoms in total. The third kappa shape index (κ3) is 4.22. The quantitative estimate of drug-likeness (QED) is 0.752. The number of hydrogen-bond acceptors (Lipinski definition) is 4. The summed E-state index contributed by atoms with van der Waals surface area (Å²) in [7, 11) is 0. The maximum absolute atomic E-state index is 13.0. The number of para-hydroxylation sites is 1. The van der Waals surface area contributed by atoms with Crippen LogP contribution < -0.4 is 4.74 Å². The maximum atomic E-state index is 13.0. The van der Waals surface area contributed by atoms with Crippen LogP contribution in [0.15, 0.2) is 24.3 Å². The van der Waals surface area contributed by atoms with Crippen molar-refractivity contribution in [2.24, 2.45) is 11.8 Å². The Balaban J connectivity index is 1.40. The molecule has 3 aliphatic rings. The van der Waals surface area contributed by atoms with Crippen LogP contribution >= 0.6 is 0 Å². The molecule has 3 heterocycles. The molecule has 0 spiro atoms. The number of nitrogens with zero attached hydrogens (tertiary/aromatic N) is 2. The second kappa shape index (κ2) is 8.65. The van der Waals surface area contributed by atoms with Crippen LogP contribution in [0.5, 0.6) is 5.75 Å². The van der Waals surface area contributed by atoms with E-state index in [1.807, 2.05) is 4.90 Å². The molecule has 1 aromatic rings. The van der Waals surface area contributed by atoms with Crippen molar-refractivity contribution in [2.45, 2.75) is 38.3 Å². The van der Waals surface area contributed by atoms with Crippen molar-refractivity contribution in [3.8, 4) is 5.75 Å². The molecule has 8 heteroatoms. The van der Waals surface area contributed by atoms with Gasteiger partial charge in [0, 0.05) is 32.8 Å². The highest BCUT2D eigenvalue weighted by Crippen LogP contribution is 2.33. The summed E-state index contributed by atoms with van der Waals surface area (Å²) in [6.45, 7) is 0.471. The standard InChI is InChI=1S/C21H26F2N2O4/c22-21(23)29-18-6-2-1-4-16(18)19(26)25-9-3-5-17(25)20(27)24-12-15(13-24)14-7-10-28-11-8-14/h1-2,4,6,14-15,17,21H,3,5,7-13H2. The molecule has 0 aliphatic carbocycles. The minimum atomic E-state index is -3.01. The number of benzene rings is 1. The Morgan fingerprint density at radius 1 is 1.07 bits per heavy atom. The molecule has 0 bridgehead atoms. The normalized spacial score (nSPS) is 23.3. The van der Waals surface area contributed by atoms with Gasteiger partial charge in [-0.25, -0.2) is 0 Å². The molecule has 29 heavy (non-hydrogen) atoms. The minimum Gasteiger partial charge on any atom is -0.434 e. The van der Waals surface area contributed by atoms with Gasteiger partial charge in [-0.1, -0.05) is 12.1 Å². The highest BCUT2D eigenvalue weighted by atomic mass is 19.3. The molecule has 0 aromatic heterocycles. The molecule has 4 rings (SSSR count). The molecular weight excluding hydrogens is 382 g/mol. The predicted octanol–water partition coefficient (Wildman–Crippen LogP) is 2.78. The zero-order valence-corrected chi connectivity index (χ0v) is 16.3. The van der Waals surface area contributed by atoms with Crippen molar-refractivity contribution in [1.82, 2.24) is 9.80 Å². The second-order valence-corrected chi connectivity index (χ2v) is 7.98. The SMILES string of the molecule is O=C(C1CCCN1C(=O)c1ccccc1OC(F)F)N1CC(C2CCOCC2)C1. The molecule has 1 atom stereocenters. The van der Waals surface area contributed by atoms with Crippen molar-refractivity contribution in [2.75, 3.05) is 32.8 Å². The molecule has 3 fully saturated rings. The number of rotatable bonds is 5. The lowest BCUT2D eigenvalue weighted by Gasteiger charge is -2.46. The van der Waals surface area contributed by atoms with Gasteiger partial charge in [0.25, 0.3) is 5.91 Å². The van der Waals surface area contributed by atoms with Crippen LogP contribution in [0.1, 0.15) is 36.0 Å². The smallest absolute Gasteiger partial charge is 0.387 e. The summed E-state index contributed by atoms with van der Waals surface area (Å²) in [6, 6.07) is 5.42. The van der Waals surface area contributed by atoms with Crippen LogP contribution in [0.2, 0.25) is 0 Å². The Morgan fingerprint density at radius 3 is 2.52 bits per heavy atom. The number of ether oxygens (including phenoxy) is 2. The topological polar surface area (TPSA) is 59.1 Å². The lowest BCUT2D eigenvalue weighted by atomic mass is 9.80. The first-order valence-corrected chi connectivity index (χ1v) is 10.3. The van der Waals surface area contributed by atoms with E-state index in [9.17, 15) is 18.4 Å². The fraction of sp³-hybridized carbons (Fsp3) is 0.619. The monoisotopic (exact) mass is 408 g/mol. The van der Waals surface area contributed by atoms with Crippen LogP contribution in [-0.4, -0.2) is 67.1 Å². The largest absolute Gasteiger partial charge is 0.434 e. The number of likely N-dealkylation sites (tertiary alicyclic amines) is 2. The first-order chi connectivity index (χ1) is 14.0. The van der Waals surface area contributed by atoms with E-state index in [1.165, 1.54) is 23.1 Å². The molecule has 1 aromatic carbocycles. The summed E-state index contributed by atoms with van der Waals surface area (Å²) in [5.74, 6) is 0.486. The predicted molar refractivity (Wildman–Crippen MR) is 101 cm³/mol. The third-order valence-corrected chi connectivity index (χ3v) is 6.29. The molecule has 3 aliphatic heterocycles. The Labute approximate surface area is 168 Å². The molecule has 0 N–H and O–H groups in total. The third-order valence-electron chi connectivity index (χ3n) is 6.29. The van der Waals surface area contributed by atoms with Crippen molar-refractivity contribution in [1.29, 1.82) is 0 Å². The number of alkyl halides is 2. The van der Waals surface area contributed by atoms with Crippen LogP contribution in [0.3, 0.4) is 0 Å². The minimum absolute atomic E-state index is 0.0357. The summed E-state index contributed by atoms with van der Waals surface area (Å²) < 4.78 is 35.3. The number of halogens is 2. The zero-order valence-electron chi connectivity index (χ0n) is 16.3. The van der Waals surface area contributed by atoms with E-state index >= 15 is 0 Å². The number of carbonyl (C=O) groups is 2. The molecule has 2 amide bonds. The summed E-state index contributed by atoms with van der Waals surface area (Å²) in [6.07, 6.45) is 3.40. The van der Waals surface area contributed by atoms with E-state index in [0.29, 0.717) is 24.8 Å². The highest BCUT2D eigenvalue weighted by Gasteiger charge is 2.43. The van der Waals surface area contributed by atoms with E-state index in [2.05, 4.69) is 4.74 Å². The van der Waals surface area contributed by atoms with Crippen molar-refractivity contribution >= 4 is 11.8 Å². The molecule has 158 valence electrons. The fourth-order valence-corrected chi connectivity index (χ4v) is 4.65. The van der Waals surface area contributed by atoms with E-state index in [-0.39, 0.29) is 17.2 Å². The summed E-state index contributed by atoms with van der Waals surface area (Å²) in [4.78, 5) is 29.4. The highest BCUT2D eigenvalue weighted by molar-refractivity contribution is 6.00. The molecular formula is C21H26F2N2O4. The van der Waals surface area contributed by atoms with Gasteiger partial charge in [0.05, 0.1) is 5.56 Å². The Kier molecular flexibility index (Phi) is 5.99. The molecule has 3 saturated heterocycles. The van der Waals surface area contributed by atoms with Gasteiger partial charge in [0.2, 0.25) is 5.91 Å². The van der Waals surface area contributed by atoms with Gasteiger partial charge in [-0.2, -0.15) is 8.78 Å². The fourth-order valence-electron chi connectivity index (χ4n) is 4.65. The first-order valence-electron chi connectivity index (χ1n) is 10.3. The van der Waals surface area contributed by atoms with Gasteiger partial charge in [-0.15, -0.1) is 0 Å². The van der Waals surface area contributed by atoms with E-state index < -0.39 is 18.6 Å². The van der Waals surface area contributed by atoms with E-state index in [1.54, 1.807) is 6.07 Å². The number of carbonyl (C=O) groups excluding carboxylic acids is 2. The van der Waals surface area contributed by atoms with Crippen LogP contribution in [0.4, 0.5) is 8.78 Å². The molecule has 0 radical (unpaired) electrons. The van der Waals surface area contributed by atoms with Crippen LogP contribution in [0.25, 0.3) is 0 Å². The van der Waals surface area contributed by atoms with Gasteiger partial charge in [-0.05, 0) is 49.7 Å². The summed E-state index contributed by atoms with van der Waals surface area (Å²) >= 11 is 0. The number of hydrogen-bond donors (Lipinski definition) is 0. The lowest BCUT2D eigenvalue weighted by molar-refractivity contribution is -0.144. The van der Waals surface area contributed by atoms with Gasteiger partial charge >= 0.3 is 6.61 Å². The van der Waals surface area contributed by atoms with Crippen molar-refractivity contribution in [3.05, 3.63) is 29.8 Å². The van der Waals surface area contributed by atoms with E-state index in [4.69, 9.17) is 4.74 Å². The van der Waals surface area contributed by atoms with Crippen molar-refractivity contribution in [3.63, 3.8) is 0 Å². The Morgan fingerprint density at radius 2 is 1.79 bits per heavy atom. The van der Waals surface area contributed by atoms with Gasteiger partial charge in [0.15, 0.2) is 0 Å². The van der Waals surface area contributed by atoms with E-state index in [0.717, 1.165) is 45.6 Å². The van der Waals surface area contributed by atoms with Gasteiger partial charge in [0.1, 0.15) is 11.8 Å². The Hall–Kier alpha value is -2.22.